The SMILES string of the molecule is CCCc1c(NN)ncnc1NCc1ccccc1Br. The number of benzene rings is 1. The van der Waals surface area contributed by atoms with Crippen LogP contribution < -0.4 is 16.6 Å². The third kappa shape index (κ3) is 3.46. The quantitative estimate of drug-likeness (QED) is 0.558. The first kappa shape index (κ1) is 14.7. The third-order valence-electron chi connectivity index (χ3n) is 2.99. The van der Waals surface area contributed by atoms with Crippen molar-refractivity contribution in [1.82, 2.24) is 9.97 Å². The largest absolute Gasteiger partial charge is 0.366 e. The zero-order valence-electron chi connectivity index (χ0n) is 11.4. The first-order valence-corrected chi connectivity index (χ1v) is 7.33. The summed E-state index contributed by atoms with van der Waals surface area (Å²) < 4.78 is 1.08. The number of nitrogens with one attached hydrogen (secondary N) is 2. The fourth-order valence-corrected chi connectivity index (χ4v) is 2.42. The lowest BCUT2D eigenvalue weighted by Gasteiger charge is -2.14. The van der Waals surface area contributed by atoms with Gasteiger partial charge in [-0.2, -0.15) is 0 Å². The lowest BCUT2D eigenvalue weighted by molar-refractivity contribution is 0.896. The van der Waals surface area contributed by atoms with Crippen molar-refractivity contribution in [2.24, 2.45) is 5.84 Å². The van der Waals surface area contributed by atoms with E-state index in [1.54, 1.807) is 0 Å². The highest BCUT2D eigenvalue weighted by molar-refractivity contribution is 9.10. The molecule has 0 fully saturated rings. The van der Waals surface area contributed by atoms with Crippen molar-refractivity contribution in [3.63, 3.8) is 0 Å². The molecule has 0 saturated heterocycles. The molecule has 0 unspecified atom stereocenters. The van der Waals surface area contributed by atoms with Crippen LogP contribution in [0.25, 0.3) is 0 Å². The van der Waals surface area contributed by atoms with Crippen LogP contribution >= 0.6 is 15.9 Å². The van der Waals surface area contributed by atoms with Crippen molar-refractivity contribution < 1.29 is 0 Å². The number of nitrogens with two attached hydrogens (primary N) is 1. The maximum absolute atomic E-state index is 5.51. The number of anilines is 2. The Morgan fingerprint density at radius 3 is 2.65 bits per heavy atom. The molecular weight excluding hydrogens is 318 g/mol. The fraction of sp³-hybridized carbons (Fsp3) is 0.286. The van der Waals surface area contributed by atoms with Crippen molar-refractivity contribution in [2.45, 2.75) is 26.3 Å². The number of hydrazine groups is 1. The predicted octanol–water partition coefficient (Wildman–Crippen LogP) is 3.09. The number of nitrogens with zero attached hydrogens (tertiary/aromatic N) is 2. The van der Waals surface area contributed by atoms with Gasteiger partial charge in [-0.15, -0.1) is 0 Å². The minimum Gasteiger partial charge on any atom is -0.366 e. The number of halogens is 1. The molecule has 0 aliphatic heterocycles. The van der Waals surface area contributed by atoms with Crippen LogP contribution in [0.2, 0.25) is 0 Å². The molecule has 106 valence electrons. The molecule has 0 aliphatic carbocycles. The zero-order valence-corrected chi connectivity index (χ0v) is 12.9. The van der Waals surface area contributed by atoms with Gasteiger partial charge in [0.2, 0.25) is 0 Å². The van der Waals surface area contributed by atoms with E-state index < -0.39 is 0 Å². The molecule has 1 heterocycles. The highest BCUT2D eigenvalue weighted by Gasteiger charge is 2.10. The second-order valence-corrected chi connectivity index (χ2v) is 5.24. The topological polar surface area (TPSA) is 75.9 Å². The zero-order chi connectivity index (χ0) is 14.4. The molecule has 0 atom stereocenters. The van der Waals surface area contributed by atoms with E-state index in [2.05, 4.69) is 49.6 Å². The maximum Gasteiger partial charge on any atom is 0.148 e. The average molecular weight is 336 g/mol. The van der Waals surface area contributed by atoms with E-state index in [0.29, 0.717) is 12.4 Å². The predicted molar refractivity (Wildman–Crippen MR) is 85.3 cm³/mol. The van der Waals surface area contributed by atoms with Gasteiger partial charge in [0.25, 0.3) is 0 Å². The van der Waals surface area contributed by atoms with Crippen molar-refractivity contribution in [3.8, 4) is 0 Å². The molecule has 0 radical (unpaired) electrons. The summed E-state index contributed by atoms with van der Waals surface area (Å²) in [4.78, 5) is 8.47. The van der Waals surface area contributed by atoms with Crippen molar-refractivity contribution in [3.05, 3.63) is 46.2 Å². The lowest BCUT2D eigenvalue weighted by Crippen LogP contribution is -2.14. The number of rotatable bonds is 6. The maximum atomic E-state index is 5.51. The summed E-state index contributed by atoms with van der Waals surface area (Å²) in [5.74, 6) is 7.01. The van der Waals surface area contributed by atoms with E-state index in [1.807, 2.05) is 18.2 Å². The van der Waals surface area contributed by atoms with Crippen LogP contribution in [-0.2, 0) is 13.0 Å². The van der Waals surface area contributed by atoms with Crippen LogP contribution in [0.5, 0.6) is 0 Å². The molecule has 2 aromatic rings. The smallest absolute Gasteiger partial charge is 0.148 e. The van der Waals surface area contributed by atoms with Gasteiger partial charge >= 0.3 is 0 Å². The van der Waals surface area contributed by atoms with Gasteiger partial charge in [-0.05, 0) is 18.1 Å². The van der Waals surface area contributed by atoms with Crippen LogP contribution in [-0.4, -0.2) is 9.97 Å². The van der Waals surface area contributed by atoms with Gasteiger partial charge in [-0.25, -0.2) is 15.8 Å². The Balaban J connectivity index is 2.19. The van der Waals surface area contributed by atoms with Gasteiger partial charge in [0, 0.05) is 16.6 Å². The first-order valence-electron chi connectivity index (χ1n) is 6.54. The summed E-state index contributed by atoms with van der Waals surface area (Å²) >= 11 is 3.54. The Morgan fingerprint density at radius 2 is 1.95 bits per heavy atom. The van der Waals surface area contributed by atoms with E-state index in [0.717, 1.165) is 28.7 Å². The first-order chi connectivity index (χ1) is 9.76. The van der Waals surface area contributed by atoms with E-state index in [4.69, 9.17) is 5.84 Å². The molecule has 6 heteroatoms. The number of aromatic nitrogens is 2. The van der Waals surface area contributed by atoms with Crippen LogP contribution in [0.15, 0.2) is 35.1 Å². The van der Waals surface area contributed by atoms with Gasteiger partial charge in [0.05, 0.1) is 0 Å². The summed E-state index contributed by atoms with van der Waals surface area (Å²) in [5.41, 5.74) is 4.82. The Bertz CT molecular complexity index is 573. The molecule has 0 saturated carbocycles. The van der Waals surface area contributed by atoms with Crippen LogP contribution in [0.1, 0.15) is 24.5 Å². The molecule has 0 amide bonds. The van der Waals surface area contributed by atoms with Crippen molar-refractivity contribution in [2.75, 3.05) is 10.7 Å². The molecule has 0 aliphatic rings. The highest BCUT2D eigenvalue weighted by atomic mass is 79.9. The molecule has 5 nitrogen and oxygen atoms in total. The van der Waals surface area contributed by atoms with Crippen molar-refractivity contribution >= 4 is 27.6 Å². The standard InChI is InChI=1S/C14H18BrN5/c1-2-5-11-13(18-9-19-14(11)20-16)17-8-10-6-3-4-7-12(10)15/h3-4,6-7,9H,2,5,8,16H2,1H3,(H2,17,18,19,20). The van der Waals surface area contributed by atoms with E-state index in [-0.39, 0.29) is 0 Å². The molecule has 0 bridgehead atoms. The average Bonchev–Trinajstić information content (AvgIpc) is 2.47. The van der Waals surface area contributed by atoms with Gasteiger partial charge in [0.1, 0.15) is 18.0 Å². The Hall–Kier alpha value is -1.66. The molecule has 1 aromatic heterocycles. The lowest BCUT2D eigenvalue weighted by atomic mass is 10.1. The Morgan fingerprint density at radius 1 is 1.20 bits per heavy atom. The molecular formula is C14H18BrN5. The van der Waals surface area contributed by atoms with Gasteiger partial charge in [0.15, 0.2) is 0 Å². The van der Waals surface area contributed by atoms with Crippen molar-refractivity contribution in [1.29, 1.82) is 0 Å². The molecule has 2 rings (SSSR count). The van der Waals surface area contributed by atoms with Crippen LogP contribution in [0.3, 0.4) is 0 Å². The fourth-order valence-electron chi connectivity index (χ4n) is 2.00. The summed E-state index contributed by atoms with van der Waals surface area (Å²) in [7, 11) is 0. The molecule has 1 aromatic carbocycles. The van der Waals surface area contributed by atoms with Gasteiger partial charge in [-0.3, -0.25) is 0 Å². The minimum absolute atomic E-state index is 0.677. The van der Waals surface area contributed by atoms with E-state index in [1.165, 1.54) is 11.9 Å². The molecule has 20 heavy (non-hydrogen) atoms. The van der Waals surface area contributed by atoms with E-state index in [9.17, 15) is 0 Å². The summed E-state index contributed by atoms with van der Waals surface area (Å²) in [6.45, 7) is 2.81. The monoisotopic (exact) mass is 335 g/mol. The van der Waals surface area contributed by atoms with Crippen LogP contribution in [0, 0.1) is 0 Å². The minimum atomic E-state index is 0.677. The van der Waals surface area contributed by atoms with Gasteiger partial charge in [-0.1, -0.05) is 47.5 Å². The summed E-state index contributed by atoms with van der Waals surface area (Å²) in [6, 6.07) is 8.11. The Kier molecular flexibility index (Phi) is 5.31. The summed E-state index contributed by atoms with van der Waals surface area (Å²) in [5, 5.41) is 3.35. The molecule has 0 spiro atoms. The summed E-state index contributed by atoms with van der Waals surface area (Å²) in [6.07, 6.45) is 3.39. The second kappa shape index (κ2) is 7.21. The van der Waals surface area contributed by atoms with Gasteiger partial charge < -0.3 is 10.7 Å². The number of hydrogen-bond acceptors (Lipinski definition) is 5. The normalized spacial score (nSPS) is 10.3. The number of nitrogen functional groups attached to an aromatic ring is 1. The van der Waals surface area contributed by atoms with E-state index >= 15 is 0 Å². The third-order valence-corrected chi connectivity index (χ3v) is 3.76. The number of hydrogen-bond donors (Lipinski definition) is 3. The highest BCUT2D eigenvalue weighted by Crippen LogP contribution is 2.23. The second-order valence-electron chi connectivity index (χ2n) is 4.39. The Labute approximate surface area is 127 Å². The van der Waals surface area contributed by atoms with Crippen LogP contribution in [0.4, 0.5) is 11.6 Å². The molecule has 4 N–H and O–H groups in total.